The second-order valence-electron chi connectivity index (χ2n) is 4.49. The summed E-state index contributed by atoms with van der Waals surface area (Å²) in [4.78, 5) is 12.1. The van der Waals surface area contributed by atoms with Crippen molar-refractivity contribution >= 4 is 34.8 Å². The van der Waals surface area contributed by atoms with Gasteiger partial charge in [0.1, 0.15) is 5.82 Å². The molecule has 0 radical (unpaired) electrons. The molecule has 2 rings (SSSR count). The molecule has 20 heavy (non-hydrogen) atoms. The zero-order valence-corrected chi connectivity index (χ0v) is 12.4. The third-order valence-corrected chi connectivity index (χ3v) is 3.69. The van der Waals surface area contributed by atoms with Crippen LogP contribution in [0.15, 0.2) is 30.3 Å². The predicted molar refractivity (Wildman–Crippen MR) is 80.3 cm³/mol. The summed E-state index contributed by atoms with van der Waals surface area (Å²) >= 11 is 12.1. The van der Waals surface area contributed by atoms with E-state index < -0.39 is 11.7 Å². The van der Waals surface area contributed by atoms with Crippen LogP contribution in [-0.2, 0) is 0 Å². The van der Waals surface area contributed by atoms with E-state index in [0.29, 0.717) is 15.7 Å². The zero-order valence-electron chi connectivity index (χ0n) is 10.9. The van der Waals surface area contributed by atoms with Crippen LogP contribution in [-0.4, -0.2) is 5.91 Å². The standard InChI is InChI=1S/C15H12Cl2FNO/c1-8-3-5-10(12(18)7-8)15(20)19-14-11(16)6-4-9(2)13(14)17/h3-7H,1-2H3,(H,19,20). The smallest absolute Gasteiger partial charge is 0.258 e. The molecule has 0 unspecified atom stereocenters. The minimum Gasteiger partial charge on any atom is -0.319 e. The molecule has 1 N–H and O–H groups in total. The number of halogens is 3. The van der Waals surface area contributed by atoms with E-state index in [-0.39, 0.29) is 5.56 Å². The van der Waals surface area contributed by atoms with Crippen molar-refractivity contribution in [1.29, 1.82) is 0 Å². The van der Waals surface area contributed by atoms with Gasteiger partial charge in [0.2, 0.25) is 0 Å². The fourth-order valence-electron chi connectivity index (χ4n) is 1.76. The summed E-state index contributed by atoms with van der Waals surface area (Å²) in [6, 6.07) is 7.76. The molecule has 5 heteroatoms. The van der Waals surface area contributed by atoms with E-state index in [1.54, 1.807) is 32.0 Å². The maximum atomic E-state index is 13.8. The minimum atomic E-state index is -0.586. The number of carbonyl (C=O) groups excluding carboxylic acids is 1. The lowest BCUT2D eigenvalue weighted by atomic mass is 10.1. The Balaban J connectivity index is 2.35. The van der Waals surface area contributed by atoms with E-state index >= 15 is 0 Å². The Hall–Kier alpha value is -1.58. The van der Waals surface area contributed by atoms with Gasteiger partial charge in [-0.25, -0.2) is 4.39 Å². The van der Waals surface area contributed by atoms with Crippen molar-refractivity contribution in [1.82, 2.24) is 0 Å². The van der Waals surface area contributed by atoms with Crippen LogP contribution >= 0.6 is 23.2 Å². The average Bonchev–Trinajstić information content (AvgIpc) is 2.39. The van der Waals surface area contributed by atoms with Gasteiger partial charge in [-0.15, -0.1) is 0 Å². The third-order valence-electron chi connectivity index (χ3n) is 2.89. The van der Waals surface area contributed by atoms with Gasteiger partial charge in [-0.3, -0.25) is 4.79 Å². The van der Waals surface area contributed by atoms with Crippen molar-refractivity contribution in [3.05, 3.63) is 62.9 Å². The number of rotatable bonds is 2. The van der Waals surface area contributed by atoms with Gasteiger partial charge in [0.25, 0.3) is 5.91 Å². The Labute approximate surface area is 126 Å². The lowest BCUT2D eigenvalue weighted by Gasteiger charge is -2.11. The van der Waals surface area contributed by atoms with Crippen LogP contribution in [0.25, 0.3) is 0 Å². The van der Waals surface area contributed by atoms with Crippen molar-refractivity contribution in [3.8, 4) is 0 Å². The van der Waals surface area contributed by atoms with Gasteiger partial charge < -0.3 is 5.32 Å². The molecule has 0 aliphatic heterocycles. The summed E-state index contributed by atoms with van der Waals surface area (Å²) in [5.41, 5.74) is 1.75. The molecule has 0 saturated heterocycles. The maximum Gasteiger partial charge on any atom is 0.258 e. The Kier molecular flexibility index (Phi) is 4.31. The highest BCUT2D eigenvalue weighted by atomic mass is 35.5. The van der Waals surface area contributed by atoms with Crippen LogP contribution in [0.3, 0.4) is 0 Å². The van der Waals surface area contributed by atoms with Crippen molar-refractivity contribution in [3.63, 3.8) is 0 Å². The summed E-state index contributed by atoms with van der Waals surface area (Å²) in [5.74, 6) is -1.17. The van der Waals surface area contributed by atoms with Gasteiger partial charge in [-0.2, -0.15) is 0 Å². The van der Waals surface area contributed by atoms with Gasteiger partial charge in [0.05, 0.1) is 21.3 Å². The van der Waals surface area contributed by atoms with Gasteiger partial charge in [0.15, 0.2) is 0 Å². The van der Waals surface area contributed by atoms with Crippen LogP contribution in [0, 0.1) is 19.7 Å². The molecule has 0 saturated carbocycles. The van der Waals surface area contributed by atoms with Crippen LogP contribution in [0.1, 0.15) is 21.5 Å². The number of hydrogen-bond acceptors (Lipinski definition) is 1. The van der Waals surface area contributed by atoms with Crippen LogP contribution in [0.4, 0.5) is 10.1 Å². The topological polar surface area (TPSA) is 29.1 Å². The van der Waals surface area contributed by atoms with E-state index in [1.165, 1.54) is 12.1 Å². The molecule has 0 aromatic heterocycles. The number of anilines is 1. The highest BCUT2D eigenvalue weighted by Crippen LogP contribution is 2.33. The fourth-order valence-corrected chi connectivity index (χ4v) is 2.22. The van der Waals surface area contributed by atoms with Crippen molar-refractivity contribution in [2.24, 2.45) is 0 Å². The summed E-state index contributed by atoms with van der Waals surface area (Å²) in [7, 11) is 0. The summed E-state index contributed by atoms with van der Waals surface area (Å²) in [6.07, 6.45) is 0. The number of carbonyl (C=O) groups is 1. The second-order valence-corrected chi connectivity index (χ2v) is 5.28. The van der Waals surface area contributed by atoms with Crippen LogP contribution < -0.4 is 5.32 Å². The molecule has 0 atom stereocenters. The summed E-state index contributed by atoms with van der Waals surface area (Å²) in [6.45, 7) is 3.54. The first-order valence-corrected chi connectivity index (χ1v) is 6.68. The molecule has 0 heterocycles. The molecule has 1 amide bonds. The van der Waals surface area contributed by atoms with E-state index in [9.17, 15) is 9.18 Å². The lowest BCUT2D eigenvalue weighted by molar-refractivity contribution is 0.102. The normalized spacial score (nSPS) is 10.4. The monoisotopic (exact) mass is 311 g/mol. The highest BCUT2D eigenvalue weighted by molar-refractivity contribution is 6.40. The van der Waals surface area contributed by atoms with Gasteiger partial charge in [-0.1, -0.05) is 35.3 Å². The quantitative estimate of drug-likeness (QED) is 0.830. The van der Waals surface area contributed by atoms with Crippen LogP contribution in [0.5, 0.6) is 0 Å². The average molecular weight is 312 g/mol. The molecule has 2 aromatic rings. The first-order chi connectivity index (χ1) is 9.40. The lowest BCUT2D eigenvalue weighted by Crippen LogP contribution is -2.14. The van der Waals surface area contributed by atoms with E-state index in [0.717, 1.165) is 11.1 Å². The molecule has 0 fully saturated rings. The number of amides is 1. The van der Waals surface area contributed by atoms with E-state index in [4.69, 9.17) is 23.2 Å². The second kappa shape index (κ2) is 5.81. The Morgan fingerprint density at radius 3 is 2.50 bits per heavy atom. The largest absolute Gasteiger partial charge is 0.319 e. The molecule has 104 valence electrons. The van der Waals surface area contributed by atoms with E-state index in [1.807, 2.05) is 0 Å². The van der Waals surface area contributed by atoms with Crippen LogP contribution in [0.2, 0.25) is 10.0 Å². The third kappa shape index (κ3) is 2.94. The molecular weight excluding hydrogens is 300 g/mol. The number of aryl methyl sites for hydroxylation is 2. The molecule has 2 nitrogen and oxygen atoms in total. The van der Waals surface area contributed by atoms with Crippen molar-refractivity contribution < 1.29 is 9.18 Å². The van der Waals surface area contributed by atoms with E-state index in [2.05, 4.69) is 5.32 Å². The molecule has 0 bridgehead atoms. The zero-order chi connectivity index (χ0) is 14.9. The first-order valence-electron chi connectivity index (χ1n) is 5.92. The van der Waals surface area contributed by atoms with Gasteiger partial charge >= 0.3 is 0 Å². The van der Waals surface area contributed by atoms with Gasteiger partial charge in [0, 0.05) is 0 Å². The van der Waals surface area contributed by atoms with Crippen molar-refractivity contribution in [2.45, 2.75) is 13.8 Å². The fraction of sp³-hybridized carbons (Fsp3) is 0.133. The minimum absolute atomic E-state index is 0.0516. The Morgan fingerprint density at radius 1 is 1.15 bits per heavy atom. The highest BCUT2D eigenvalue weighted by Gasteiger charge is 2.16. The SMILES string of the molecule is Cc1ccc(C(=O)Nc2c(Cl)ccc(C)c2Cl)c(F)c1. The molecule has 0 aliphatic carbocycles. The molecule has 0 spiro atoms. The maximum absolute atomic E-state index is 13.8. The first kappa shape index (κ1) is 14.8. The Bertz CT molecular complexity index is 686. The predicted octanol–water partition coefficient (Wildman–Crippen LogP) is 5.00. The van der Waals surface area contributed by atoms with Crippen molar-refractivity contribution in [2.75, 3.05) is 5.32 Å². The molecule has 0 aliphatic rings. The summed E-state index contributed by atoms with van der Waals surface area (Å²) in [5, 5.41) is 3.21. The van der Waals surface area contributed by atoms with Gasteiger partial charge in [-0.05, 0) is 43.2 Å². The number of hydrogen-bond donors (Lipinski definition) is 1. The Morgan fingerprint density at radius 2 is 1.85 bits per heavy atom. The number of benzene rings is 2. The molecular formula is C15H12Cl2FNO. The number of nitrogens with one attached hydrogen (secondary N) is 1. The summed E-state index contributed by atoms with van der Waals surface area (Å²) < 4.78 is 13.8. The molecule has 2 aromatic carbocycles.